The third-order valence-electron chi connectivity index (χ3n) is 4.17. The molecule has 3 rings (SSSR count). The molecule has 3 aromatic rings. The van der Waals surface area contributed by atoms with Crippen LogP contribution in [0.1, 0.15) is 33.0 Å². The lowest BCUT2D eigenvalue weighted by Gasteiger charge is -2.07. The quantitative estimate of drug-likeness (QED) is 0.768. The first-order valence-electron chi connectivity index (χ1n) is 8.06. The summed E-state index contributed by atoms with van der Waals surface area (Å²) in [5, 5.41) is 7.37. The van der Waals surface area contributed by atoms with Crippen LogP contribution in [-0.2, 0) is 6.54 Å². The molecule has 0 spiro atoms. The number of H-pyrrole nitrogens is 1. The van der Waals surface area contributed by atoms with Gasteiger partial charge in [-0.05, 0) is 45.0 Å². The van der Waals surface area contributed by atoms with Gasteiger partial charge in [0, 0.05) is 23.5 Å². The highest BCUT2D eigenvalue weighted by Gasteiger charge is 2.15. The Morgan fingerprint density at radius 3 is 2.52 bits per heavy atom. The van der Waals surface area contributed by atoms with Gasteiger partial charge in [-0.2, -0.15) is 5.10 Å². The Labute approximate surface area is 145 Å². The summed E-state index contributed by atoms with van der Waals surface area (Å²) < 4.78 is 1.86. The number of hydrogen-bond donors (Lipinski definition) is 2. The summed E-state index contributed by atoms with van der Waals surface area (Å²) in [6, 6.07) is 13.1. The second-order valence-corrected chi connectivity index (χ2v) is 5.96. The SMILES string of the molecule is Cc1ccc(C(=O)NCc2c(C)nn(-c3ccccc3)c2C)c(=O)[nH]1. The Morgan fingerprint density at radius 1 is 1.12 bits per heavy atom. The highest BCUT2D eigenvalue weighted by Crippen LogP contribution is 2.17. The molecule has 25 heavy (non-hydrogen) atoms. The summed E-state index contributed by atoms with van der Waals surface area (Å²) in [4.78, 5) is 26.8. The molecule has 0 fully saturated rings. The zero-order valence-corrected chi connectivity index (χ0v) is 14.5. The second kappa shape index (κ2) is 6.76. The normalized spacial score (nSPS) is 10.7. The van der Waals surface area contributed by atoms with Gasteiger partial charge in [0.2, 0.25) is 0 Å². The number of pyridine rings is 1. The first-order chi connectivity index (χ1) is 12.0. The lowest BCUT2D eigenvalue weighted by atomic mass is 10.2. The Bertz CT molecular complexity index is 971. The number of rotatable bonds is 4. The van der Waals surface area contributed by atoms with Crippen LogP contribution in [0.5, 0.6) is 0 Å². The molecule has 1 amide bonds. The largest absolute Gasteiger partial charge is 0.348 e. The van der Waals surface area contributed by atoms with Crippen LogP contribution in [0.25, 0.3) is 5.69 Å². The number of para-hydroxylation sites is 1. The molecule has 0 aliphatic rings. The number of nitrogens with one attached hydrogen (secondary N) is 2. The van der Waals surface area contributed by atoms with E-state index in [0.29, 0.717) is 6.54 Å². The van der Waals surface area contributed by atoms with E-state index in [9.17, 15) is 9.59 Å². The van der Waals surface area contributed by atoms with Gasteiger partial charge in [-0.3, -0.25) is 9.59 Å². The van der Waals surface area contributed by atoms with Gasteiger partial charge in [0.15, 0.2) is 0 Å². The third kappa shape index (κ3) is 3.38. The first kappa shape index (κ1) is 16.7. The van der Waals surface area contributed by atoms with Gasteiger partial charge in [0.25, 0.3) is 11.5 Å². The molecule has 2 N–H and O–H groups in total. The van der Waals surface area contributed by atoms with Gasteiger partial charge >= 0.3 is 0 Å². The molecule has 0 saturated heterocycles. The Kier molecular flexibility index (Phi) is 4.52. The summed E-state index contributed by atoms with van der Waals surface area (Å²) in [6.07, 6.45) is 0. The lowest BCUT2D eigenvalue weighted by molar-refractivity contribution is 0.0949. The molecular weight excluding hydrogens is 316 g/mol. The smallest absolute Gasteiger partial charge is 0.260 e. The van der Waals surface area contributed by atoms with Crippen LogP contribution in [0.15, 0.2) is 47.3 Å². The molecular formula is C19H20N4O2. The number of benzene rings is 1. The summed E-state index contributed by atoms with van der Waals surface area (Å²) in [5.74, 6) is -0.396. The van der Waals surface area contributed by atoms with Crippen LogP contribution >= 0.6 is 0 Å². The number of carbonyl (C=O) groups is 1. The van der Waals surface area contributed by atoms with E-state index >= 15 is 0 Å². The topological polar surface area (TPSA) is 79.8 Å². The molecule has 6 nitrogen and oxygen atoms in total. The first-order valence-corrected chi connectivity index (χ1v) is 8.06. The Balaban J connectivity index is 1.81. The summed E-state index contributed by atoms with van der Waals surface area (Å²) in [7, 11) is 0. The lowest BCUT2D eigenvalue weighted by Crippen LogP contribution is -2.29. The van der Waals surface area contributed by atoms with E-state index in [-0.39, 0.29) is 11.1 Å². The number of aromatic nitrogens is 3. The van der Waals surface area contributed by atoms with Gasteiger partial charge < -0.3 is 10.3 Å². The molecule has 1 aromatic carbocycles. The maximum Gasteiger partial charge on any atom is 0.260 e. The van der Waals surface area contributed by atoms with Crippen molar-refractivity contribution >= 4 is 5.91 Å². The van der Waals surface area contributed by atoms with Gasteiger partial charge in [0.05, 0.1) is 11.4 Å². The van der Waals surface area contributed by atoms with Crippen molar-refractivity contribution in [2.45, 2.75) is 27.3 Å². The molecule has 0 aliphatic heterocycles. The molecule has 0 saturated carbocycles. The average Bonchev–Trinajstić information content (AvgIpc) is 2.88. The fourth-order valence-corrected chi connectivity index (χ4v) is 2.77. The van der Waals surface area contributed by atoms with E-state index < -0.39 is 5.91 Å². The van der Waals surface area contributed by atoms with Crippen molar-refractivity contribution in [1.82, 2.24) is 20.1 Å². The summed E-state index contributed by atoms with van der Waals surface area (Å²) in [5.41, 5.74) is 4.16. The fraction of sp³-hybridized carbons (Fsp3) is 0.211. The molecule has 128 valence electrons. The Morgan fingerprint density at radius 2 is 1.84 bits per heavy atom. The summed E-state index contributed by atoms with van der Waals surface area (Å²) >= 11 is 0. The number of aryl methyl sites for hydroxylation is 2. The predicted molar refractivity (Wildman–Crippen MR) is 96.0 cm³/mol. The number of hydrogen-bond acceptors (Lipinski definition) is 3. The molecule has 0 unspecified atom stereocenters. The zero-order valence-electron chi connectivity index (χ0n) is 14.5. The van der Waals surface area contributed by atoms with Crippen LogP contribution in [0.3, 0.4) is 0 Å². The van der Waals surface area contributed by atoms with Crippen molar-refractivity contribution in [3.8, 4) is 5.69 Å². The number of nitrogens with zero attached hydrogens (tertiary/aromatic N) is 2. The standard InChI is InChI=1S/C19H20N4O2/c1-12-9-10-16(19(25)21-12)18(24)20-11-17-13(2)22-23(14(17)3)15-7-5-4-6-8-15/h4-10H,11H2,1-3H3,(H,20,24)(H,21,25). The van der Waals surface area contributed by atoms with Crippen LogP contribution in [-0.4, -0.2) is 20.7 Å². The Hall–Kier alpha value is -3.15. The van der Waals surface area contributed by atoms with Crippen molar-refractivity contribution in [2.75, 3.05) is 0 Å². The number of aromatic amines is 1. The highest BCUT2D eigenvalue weighted by atomic mass is 16.2. The molecule has 0 radical (unpaired) electrons. The monoisotopic (exact) mass is 336 g/mol. The van der Waals surface area contributed by atoms with Crippen molar-refractivity contribution in [3.05, 3.63) is 81.0 Å². The van der Waals surface area contributed by atoms with Gasteiger partial charge in [-0.1, -0.05) is 18.2 Å². The molecule has 0 atom stereocenters. The molecule has 2 heterocycles. The molecule has 6 heteroatoms. The zero-order chi connectivity index (χ0) is 18.0. The minimum absolute atomic E-state index is 0.108. The maximum atomic E-state index is 12.3. The van der Waals surface area contributed by atoms with Crippen molar-refractivity contribution in [1.29, 1.82) is 0 Å². The van der Waals surface area contributed by atoms with Crippen molar-refractivity contribution in [2.24, 2.45) is 0 Å². The fourth-order valence-electron chi connectivity index (χ4n) is 2.77. The molecule has 0 aliphatic carbocycles. The maximum absolute atomic E-state index is 12.3. The van der Waals surface area contributed by atoms with E-state index in [1.807, 2.05) is 48.9 Å². The van der Waals surface area contributed by atoms with Crippen molar-refractivity contribution in [3.63, 3.8) is 0 Å². The summed E-state index contributed by atoms with van der Waals surface area (Å²) in [6.45, 7) is 5.96. The van der Waals surface area contributed by atoms with Crippen LogP contribution in [0, 0.1) is 20.8 Å². The van der Waals surface area contributed by atoms with E-state index in [0.717, 1.165) is 28.3 Å². The molecule has 2 aromatic heterocycles. The predicted octanol–water partition coefficient (Wildman–Crippen LogP) is 2.42. The third-order valence-corrected chi connectivity index (χ3v) is 4.17. The average molecular weight is 336 g/mol. The molecule has 0 bridgehead atoms. The van der Waals surface area contributed by atoms with Gasteiger partial charge in [0.1, 0.15) is 5.56 Å². The number of carbonyl (C=O) groups excluding carboxylic acids is 1. The minimum Gasteiger partial charge on any atom is -0.348 e. The number of amides is 1. The van der Waals surface area contributed by atoms with Gasteiger partial charge in [-0.25, -0.2) is 4.68 Å². The van der Waals surface area contributed by atoms with E-state index in [1.165, 1.54) is 6.07 Å². The van der Waals surface area contributed by atoms with Gasteiger partial charge in [-0.15, -0.1) is 0 Å². The highest BCUT2D eigenvalue weighted by molar-refractivity contribution is 5.93. The van der Waals surface area contributed by atoms with E-state index in [1.54, 1.807) is 13.0 Å². The second-order valence-electron chi connectivity index (χ2n) is 5.96. The van der Waals surface area contributed by atoms with E-state index in [2.05, 4.69) is 15.4 Å². The van der Waals surface area contributed by atoms with Crippen LogP contribution in [0.2, 0.25) is 0 Å². The minimum atomic E-state index is -0.396. The van der Waals surface area contributed by atoms with Crippen LogP contribution in [0.4, 0.5) is 0 Å². The van der Waals surface area contributed by atoms with Crippen LogP contribution < -0.4 is 10.9 Å². The van der Waals surface area contributed by atoms with E-state index in [4.69, 9.17) is 0 Å². The van der Waals surface area contributed by atoms with Crippen molar-refractivity contribution < 1.29 is 4.79 Å².